The van der Waals surface area contributed by atoms with Crippen LogP contribution in [0.5, 0.6) is 0 Å². The summed E-state index contributed by atoms with van der Waals surface area (Å²) < 4.78 is 25.5. The SMILES string of the molecule is CC1Cc2ccc(Nc3ncc(Cl)c(NCc4nccnc4NS(C)(=O)=O)n3)cc2CCN1.Cl. The number of hydrogen-bond acceptors (Lipinski definition) is 9. The van der Waals surface area contributed by atoms with E-state index in [-0.39, 0.29) is 24.8 Å². The maximum absolute atomic E-state index is 11.6. The minimum absolute atomic E-state index is 0. The van der Waals surface area contributed by atoms with Crippen molar-refractivity contribution in [2.45, 2.75) is 32.4 Å². The van der Waals surface area contributed by atoms with Crippen molar-refractivity contribution in [2.75, 3.05) is 28.2 Å². The van der Waals surface area contributed by atoms with Crippen molar-refractivity contribution in [2.24, 2.45) is 0 Å². The van der Waals surface area contributed by atoms with Crippen LogP contribution in [0.2, 0.25) is 5.02 Å². The first-order valence-electron chi connectivity index (χ1n) is 10.4. The summed E-state index contributed by atoms with van der Waals surface area (Å²) in [6, 6.07) is 6.74. The summed E-state index contributed by atoms with van der Waals surface area (Å²) in [4.78, 5) is 17.0. The average molecular weight is 525 g/mol. The minimum atomic E-state index is -3.49. The molecule has 13 heteroatoms. The molecular formula is C21H26Cl2N8O2S. The van der Waals surface area contributed by atoms with Gasteiger partial charge < -0.3 is 16.0 Å². The molecule has 0 saturated heterocycles. The lowest BCUT2D eigenvalue weighted by molar-refractivity contribution is 0.568. The van der Waals surface area contributed by atoms with Crippen molar-refractivity contribution in [1.29, 1.82) is 0 Å². The number of nitrogens with one attached hydrogen (secondary N) is 4. The zero-order valence-electron chi connectivity index (χ0n) is 18.7. The Kier molecular flexibility index (Phi) is 8.47. The van der Waals surface area contributed by atoms with Crippen LogP contribution in [0.4, 0.5) is 23.3 Å². The Labute approximate surface area is 209 Å². The van der Waals surface area contributed by atoms with Gasteiger partial charge >= 0.3 is 0 Å². The molecular weight excluding hydrogens is 499 g/mol. The predicted octanol–water partition coefficient (Wildman–Crippen LogP) is 3.15. The minimum Gasteiger partial charge on any atom is -0.363 e. The van der Waals surface area contributed by atoms with Crippen LogP contribution in [0.3, 0.4) is 0 Å². The van der Waals surface area contributed by atoms with Gasteiger partial charge in [-0.1, -0.05) is 17.7 Å². The maximum Gasteiger partial charge on any atom is 0.231 e. The Morgan fingerprint density at radius 1 is 1.15 bits per heavy atom. The van der Waals surface area contributed by atoms with Gasteiger partial charge in [-0.25, -0.2) is 18.4 Å². The lowest BCUT2D eigenvalue weighted by Gasteiger charge is -2.13. The lowest BCUT2D eigenvalue weighted by Crippen LogP contribution is -2.27. The number of sulfonamides is 1. The normalized spacial score (nSPS) is 15.4. The summed E-state index contributed by atoms with van der Waals surface area (Å²) in [5.74, 6) is 0.915. The molecule has 1 unspecified atom stereocenters. The summed E-state index contributed by atoms with van der Waals surface area (Å²) in [6.45, 7) is 3.30. The third-order valence-corrected chi connectivity index (χ3v) is 5.94. The third kappa shape index (κ3) is 6.89. The molecule has 0 radical (unpaired) electrons. The van der Waals surface area contributed by atoms with Crippen LogP contribution >= 0.6 is 24.0 Å². The van der Waals surface area contributed by atoms with Gasteiger partial charge in [0.05, 0.1) is 19.0 Å². The summed E-state index contributed by atoms with van der Waals surface area (Å²) in [6.07, 6.45) is 7.41. The van der Waals surface area contributed by atoms with Gasteiger partial charge in [0.25, 0.3) is 0 Å². The molecule has 0 saturated carbocycles. The number of benzene rings is 1. The van der Waals surface area contributed by atoms with Crippen molar-refractivity contribution in [3.8, 4) is 0 Å². The van der Waals surface area contributed by atoms with Gasteiger partial charge in [-0.15, -0.1) is 12.4 Å². The molecule has 34 heavy (non-hydrogen) atoms. The molecule has 4 rings (SSSR count). The predicted molar refractivity (Wildman–Crippen MR) is 137 cm³/mol. The van der Waals surface area contributed by atoms with E-state index in [0.29, 0.717) is 28.5 Å². The first-order valence-corrected chi connectivity index (χ1v) is 12.7. The average Bonchev–Trinajstić information content (AvgIpc) is 2.94. The van der Waals surface area contributed by atoms with Crippen LogP contribution in [0.15, 0.2) is 36.8 Å². The summed E-state index contributed by atoms with van der Waals surface area (Å²) in [7, 11) is -3.49. The van der Waals surface area contributed by atoms with E-state index in [0.717, 1.165) is 31.3 Å². The largest absolute Gasteiger partial charge is 0.363 e. The molecule has 0 bridgehead atoms. The Hall–Kier alpha value is -2.73. The molecule has 1 aromatic carbocycles. The van der Waals surface area contributed by atoms with Crippen LogP contribution < -0.4 is 20.7 Å². The van der Waals surface area contributed by atoms with E-state index >= 15 is 0 Å². The zero-order valence-corrected chi connectivity index (χ0v) is 21.1. The van der Waals surface area contributed by atoms with Gasteiger partial charge in [-0.05, 0) is 49.6 Å². The fourth-order valence-electron chi connectivity index (χ4n) is 3.60. The Balaban J connectivity index is 0.00000324. The quantitative estimate of drug-likeness (QED) is 0.367. The molecule has 3 heterocycles. The number of hydrogen-bond donors (Lipinski definition) is 4. The highest BCUT2D eigenvalue weighted by atomic mass is 35.5. The van der Waals surface area contributed by atoms with Gasteiger partial charge in [0.15, 0.2) is 11.6 Å². The van der Waals surface area contributed by atoms with Gasteiger partial charge in [0.1, 0.15) is 10.7 Å². The fourth-order valence-corrected chi connectivity index (χ4v) is 4.28. The second-order valence-electron chi connectivity index (χ2n) is 7.89. The van der Waals surface area contributed by atoms with E-state index in [1.54, 1.807) is 0 Å². The second kappa shape index (κ2) is 11.1. The van der Waals surface area contributed by atoms with Crippen molar-refractivity contribution < 1.29 is 8.42 Å². The highest BCUT2D eigenvalue weighted by Crippen LogP contribution is 2.25. The topological polar surface area (TPSA) is 134 Å². The van der Waals surface area contributed by atoms with E-state index in [4.69, 9.17) is 11.6 Å². The standard InChI is InChI=1S/C21H25ClN8O2S.ClH/c1-13-9-14-3-4-16(10-15(14)5-6-23-13)28-21-27-11-17(22)19(29-21)26-12-18-20(25-8-7-24-18)30-33(2,31)32;/h3-4,7-8,10-11,13,23H,5-6,9,12H2,1-2H3,(H,25,30)(H2,26,27,28,29);1H. The van der Waals surface area contributed by atoms with E-state index in [1.165, 1.54) is 29.7 Å². The fraction of sp³-hybridized carbons (Fsp3) is 0.333. The highest BCUT2D eigenvalue weighted by molar-refractivity contribution is 7.92. The van der Waals surface area contributed by atoms with Gasteiger partial charge in [-0.2, -0.15) is 4.98 Å². The van der Waals surface area contributed by atoms with Crippen molar-refractivity contribution in [3.63, 3.8) is 0 Å². The van der Waals surface area contributed by atoms with Crippen molar-refractivity contribution >= 4 is 57.3 Å². The number of rotatable bonds is 7. The van der Waals surface area contributed by atoms with E-state index in [2.05, 4.69) is 59.7 Å². The van der Waals surface area contributed by atoms with E-state index in [9.17, 15) is 8.42 Å². The third-order valence-electron chi connectivity index (χ3n) is 5.10. The summed E-state index contributed by atoms with van der Waals surface area (Å²) in [5, 5.41) is 10.1. The monoisotopic (exact) mass is 524 g/mol. The van der Waals surface area contributed by atoms with Crippen LogP contribution in [-0.4, -0.2) is 47.2 Å². The Bertz CT molecular complexity index is 1260. The molecule has 3 aromatic rings. The molecule has 0 amide bonds. The number of fused-ring (bicyclic) bond motifs is 1. The maximum atomic E-state index is 11.6. The number of halogens is 2. The van der Waals surface area contributed by atoms with Crippen molar-refractivity contribution in [1.82, 2.24) is 25.3 Å². The molecule has 182 valence electrons. The molecule has 1 atom stereocenters. The first kappa shape index (κ1) is 25.9. The van der Waals surface area contributed by atoms with Crippen LogP contribution in [0.25, 0.3) is 0 Å². The molecule has 4 N–H and O–H groups in total. The lowest BCUT2D eigenvalue weighted by atomic mass is 10.0. The molecule has 1 aliphatic rings. The van der Waals surface area contributed by atoms with Gasteiger partial charge in [0.2, 0.25) is 16.0 Å². The van der Waals surface area contributed by atoms with Crippen LogP contribution in [0, 0.1) is 0 Å². The van der Waals surface area contributed by atoms with Crippen LogP contribution in [-0.2, 0) is 29.4 Å². The zero-order chi connectivity index (χ0) is 23.4. The molecule has 2 aromatic heterocycles. The smallest absolute Gasteiger partial charge is 0.231 e. The summed E-state index contributed by atoms with van der Waals surface area (Å²) >= 11 is 6.27. The molecule has 0 aliphatic carbocycles. The number of nitrogens with zero attached hydrogens (tertiary/aromatic N) is 4. The number of anilines is 4. The van der Waals surface area contributed by atoms with Crippen LogP contribution in [0.1, 0.15) is 23.7 Å². The Morgan fingerprint density at radius 3 is 2.74 bits per heavy atom. The van der Waals surface area contributed by atoms with E-state index in [1.807, 2.05) is 6.07 Å². The van der Waals surface area contributed by atoms with E-state index < -0.39 is 10.0 Å². The van der Waals surface area contributed by atoms with Gasteiger partial charge in [-0.3, -0.25) is 9.71 Å². The van der Waals surface area contributed by atoms with Crippen molar-refractivity contribution in [3.05, 3.63) is 58.6 Å². The number of aromatic nitrogens is 4. The summed E-state index contributed by atoms with van der Waals surface area (Å²) in [5.41, 5.74) is 3.95. The highest BCUT2D eigenvalue weighted by Gasteiger charge is 2.14. The van der Waals surface area contributed by atoms with Gasteiger partial charge in [0, 0.05) is 24.1 Å². The second-order valence-corrected chi connectivity index (χ2v) is 10.0. The molecule has 0 spiro atoms. The molecule has 0 fully saturated rings. The first-order chi connectivity index (χ1) is 15.8. The molecule has 1 aliphatic heterocycles. The molecule has 10 nitrogen and oxygen atoms in total. The Morgan fingerprint density at radius 2 is 1.94 bits per heavy atom.